The van der Waals surface area contributed by atoms with Crippen LogP contribution in [0, 0.1) is 13.8 Å². The molecule has 2 N–H and O–H groups in total. The number of halogens is 1. The maximum atomic E-state index is 12.0. The van der Waals surface area contributed by atoms with Crippen molar-refractivity contribution in [2.24, 2.45) is 7.05 Å². The van der Waals surface area contributed by atoms with Gasteiger partial charge in [-0.05, 0) is 31.9 Å². The van der Waals surface area contributed by atoms with Gasteiger partial charge in [0.05, 0.1) is 11.8 Å². The van der Waals surface area contributed by atoms with E-state index in [2.05, 4.69) is 10.4 Å². The highest BCUT2D eigenvalue weighted by molar-refractivity contribution is 6.31. The summed E-state index contributed by atoms with van der Waals surface area (Å²) in [5, 5.41) is 17.7. The third-order valence-electron chi connectivity index (χ3n) is 4.02. The van der Waals surface area contributed by atoms with Crippen LogP contribution in [0.4, 0.5) is 0 Å². The zero-order valence-corrected chi connectivity index (χ0v) is 14.4. The molecular weight excluding hydrogens is 314 g/mol. The Hall–Kier alpha value is -1.85. The Morgan fingerprint density at radius 1 is 1.39 bits per heavy atom. The summed E-state index contributed by atoms with van der Waals surface area (Å²) in [5.74, 6) is -0.0984. The van der Waals surface area contributed by atoms with Gasteiger partial charge in [-0.15, -0.1) is 0 Å². The average Bonchev–Trinajstić information content (AvgIpc) is 2.76. The fourth-order valence-electron chi connectivity index (χ4n) is 2.57. The Balaban J connectivity index is 1.85. The molecule has 0 fully saturated rings. The highest BCUT2D eigenvalue weighted by Gasteiger charge is 2.14. The smallest absolute Gasteiger partial charge is 0.220 e. The number of hydrogen-bond acceptors (Lipinski definition) is 3. The van der Waals surface area contributed by atoms with E-state index in [1.165, 1.54) is 0 Å². The number of amides is 1. The second-order valence-corrected chi connectivity index (χ2v) is 6.02. The van der Waals surface area contributed by atoms with Crippen molar-refractivity contribution in [2.45, 2.75) is 32.8 Å². The zero-order valence-electron chi connectivity index (χ0n) is 13.6. The third kappa shape index (κ3) is 4.33. The third-order valence-corrected chi connectivity index (χ3v) is 4.36. The Morgan fingerprint density at radius 2 is 2.09 bits per heavy atom. The number of carbonyl (C=O) groups excluding carboxylic acids is 1. The highest BCUT2D eigenvalue weighted by atomic mass is 35.5. The van der Waals surface area contributed by atoms with E-state index in [1.54, 1.807) is 24.3 Å². The van der Waals surface area contributed by atoms with Gasteiger partial charge < -0.3 is 10.4 Å². The van der Waals surface area contributed by atoms with Gasteiger partial charge in [-0.25, -0.2) is 0 Å². The van der Waals surface area contributed by atoms with Gasteiger partial charge in [0.25, 0.3) is 0 Å². The second kappa shape index (κ2) is 7.62. The minimum atomic E-state index is -0.811. The van der Waals surface area contributed by atoms with E-state index in [0.29, 0.717) is 23.4 Å². The lowest BCUT2D eigenvalue weighted by atomic mass is 10.1. The molecule has 124 valence electrons. The summed E-state index contributed by atoms with van der Waals surface area (Å²) < 4.78 is 1.82. The molecule has 0 aliphatic heterocycles. The minimum Gasteiger partial charge on any atom is -0.387 e. The molecule has 0 spiro atoms. The van der Waals surface area contributed by atoms with Crippen LogP contribution in [0.2, 0.25) is 5.02 Å². The van der Waals surface area contributed by atoms with Gasteiger partial charge in [-0.2, -0.15) is 5.10 Å². The SMILES string of the molecule is Cc1nn(C)c(C)c1CCC(=O)NCC(O)c1ccccc1Cl. The molecule has 0 aliphatic carbocycles. The molecule has 0 saturated heterocycles. The predicted octanol–water partition coefficient (Wildman–Crippen LogP) is 2.47. The summed E-state index contributed by atoms with van der Waals surface area (Å²) in [4.78, 5) is 12.0. The average molecular weight is 336 g/mol. The number of aliphatic hydroxyl groups excluding tert-OH is 1. The first-order valence-corrected chi connectivity index (χ1v) is 7.96. The number of hydrogen-bond donors (Lipinski definition) is 2. The molecule has 0 bridgehead atoms. The van der Waals surface area contributed by atoms with Crippen molar-refractivity contribution in [3.05, 3.63) is 51.8 Å². The lowest BCUT2D eigenvalue weighted by Gasteiger charge is -2.13. The van der Waals surface area contributed by atoms with Crippen LogP contribution in [-0.2, 0) is 18.3 Å². The molecule has 1 atom stereocenters. The molecule has 0 aliphatic rings. The van der Waals surface area contributed by atoms with Crippen LogP contribution in [0.3, 0.4) is 0 Å². The van der Waals surface area contributed by atoms with Gasteiger partial charge in [0.1, 0.15) is 0 Å². The maximum Gasteiger partial charge on any atom is 0.220 e. The number of benzene rings is 1. The molecule has 1 unspecified atom stereocenters. The van der Waals surface area contributed by atoms with Gasteiger partial charge in [-0.1, -0.05) is 29.8 Å². The van der Waals surface area contributed by atoms with Gasteiger partial charge in [0, 0.05) is 36.3 Å². The summed E-state index contributed by atoms with van der Waals surface area (Å²) in [7, 11) is 1.89. The standard InChI is InChI=1S/C17H22ClN3O2/c1-11-13(12(2)21(3)20-11)8-9-17(23)19-10-16(22)14-6-4-5-7-15(14)18/h4-7,16,22H,8-10H2,1-3H3,(H,19,23). The molecule has 0 radical (unpaired) electrons. The quantitative estimate of drug-likeness (QED) is 0.852. The van der Waals surface area contributed by atoms with Crippen LogP contribution < -0.4 is 5.32 Å². The fraction of sp³-hybridized carbons (Fsp3) is 0.412. The molecule has 1 aromatic heterocycles. The van der Waals surface area contributed by atoms with Crippen molar-refractivity contribution in [2.75, 3.05) is 6.54 Å². The van der Waals surface area contributed by atoms with E-state index in [-0.39, 0.29) is 12.5 Å². The highest BCUT2D eigenvalue weighted by Crippen LogP contribution is 2.22. The summed E-state index contributed by atoms with van der Waals surface area (Å²) in [5.41, 5.74) is 3.75. The van der Waals surface area contributed by atoms with Gasteiger partial charge in [0.2, 0.25) is 5.91 Å². The van der Waals surface area contributed by atoms with Crippen molar-refractivity contribution >= 4 is 17.5 Å². The first kappa shape index (κ1) is 17.5. The van der Waals surface area contributed by atoms with Crippen molar-refractivity contribution in [1.29, 1.82) is 0 Å². The van der Waals surface area contributed by atoms with Crippen molar-refractivity contribution in [3.63, 3.8) is 0 Å². The topological polar surface area (TPSA) is 67.2 Å². The monoisotopic (exact) mass is 335 g/mol. The molecule has 2 rings (SSSR count). The fourth-order valence-corrected chi connectivity index (χ4v) is 2.83. The normalized spacial score (nSPS) is 12.2. The van der Waals surface area contributed by atoms with E-state index in [0.717, 1.165) is 17.0 Å². The molecule has 2 aromatic rings. The zero-order chi connectivity index (χ0) is 17.0. The lowest BCUT2D eigenvalue weighted by molar-refractivity contribution is -0.121. The van der Waals surface area contributed by atoms with Crippen molar-refractivity contribution in [1.82, 2.24) is 15.1 Å². The maximum absolute atomic E-state index is 12.0. The minimum absolute atomic E-state index is 0.0984. The second-order valence-electron chi connectivity index (χ2n) is 5.61. The first-order chi connectivity index (χ1) is 10.9. The number of nitrogens with one attached hydrogen (secondary N) is 1. The van der Waals surface area contributed by atoms with Gasteiger partial charge in [0.15, 0.2) is 0 Å². The Bertz CT molecular complexity index is 697. The summed E-state index contributed by atoms with van der Waals surface area (Å²) >= 11 is 6.03. The van der Waals surface area contributed by atoms with E-state index in [1.807, 2.05) is 25.6 Å². The number of nitrogens with zero attached hydrogens (tertiary/aromatic N) is 2. The van der Waals surface area contributed by atoms with E-state index in [4.69, 9.17) is 11.6 Å². The molecule has 1 amide bonds. The van der Waals surface area contributed by atoms with Crippen LogP contribution in [0.1, 0.15) is 35.0 Å². The number of aromatic nitrogens is 2. The molecular formula is C17H22ClN3O2. The summed E-state index contributed by atoms with van der Waals surface area (Å²) in [6.07, 6.45) is 0.191. The first-order valence-electron chi connectivity index (χ1n) is 7.58. The van der Waals surface area contributed by atoms with Crippen LogP contribution in [0.15, 0.2) is 24.3 Å². The molecule has 0 saturated carbocycles. The van der Waals surface area contributed by atoms with Crippen molar-refractivity contribution in [3.8, 4) is 0 Å². The summed E-state index contributed by atoms with van der Waals surface area (Å²) in [6.45, 7) is 4.09. The van der Waals surface area contributed by atoms with E-state index >= 15 is 0 Å². The molecule has 1 heterocycles. The molecule has 1 aromatic carbocycles. The van der Waals surface area contributed by atoms with Crippen LogP contribution in [-0.4, -0.2) is 27.3 Å². The van der Waals surface area contributed by atoms with Crippen LogP contribution in [0.5, 0.6) is 0 Å². The number of aliphatic hydroxyl groups is 1. The Kier molecular flexibility index (Phi) is 5.80. The number of carbonyl (C=O) groups is 1. The van der Waals surface area contributed by atoms with Gasteiger partial charge >= 0.3 is 0 Å². The Labute approximate surface area is 141 Å². The van der Waals surface area contributed by atoms with E-state index < -0.39 is 6.10 Å². The number of aryl methyl sites for hydroxylation is 2. The van der Waals surface area contributed by atoms with Crippen molar-refractivity contribution < 1.29 is 9.90 Å². The van der Waals surface area contributed by atoms with Crippen LogP contribution >= 0.6 is 11.6 Å². The summed E-state index contributed by atoms with van der Waals surface area (Å²) in [6, 6.07) is 7.08. The van der Waals surface area contributed by atoms with Crippen LogP contribution in [0.25, 0.3) is 0 Å². The lowest BCUT2D eigenvalue weighted by Crippen LogP contribution is -2.28. The largest absolute Gasteiger partial charge is 0.387 e. The number of rotatable bonds is 6. The predicted molar refractivity (Wildman–Crippen MR) is 90.4 cm³/mol. The Morgan fingerprint density at radius 3 is 2.70 bits per heavy atom. The van der Waals surface area contributed by atoms with E-state index in [9.17, 15) is 9.90 Å². The molecule has 23 heavy (non-hydrogen) atoms. The molecule has 5 nitrogen and oxygen atoms in total. The van der Waals surface area contributed by atoms with Gasteiger partial charge in [-0.3, -0.25) is 9.48 Å². The molecule has 6 heteroatoms.